The monoisotopic (exact) mass is 328 g/mol. The Balaban J connectivity index is 2.05. The predicted octanol–water partition coefficient (Wildman–Crippen LogP) is 2.33. The highest BCUT2D eigenvalue weighted by Gasteiger charge is 2.01. The van der Waals surface area contributed by atoms with Gasteiger partial charge in [0.05, 0.1) is 6.61 Å². The summed E-state index contributed by atoms with van der Waals surface area (Å²) in [5, 5.41) is 6.01. The van der Waals surface area contributed by atoms with E-state index in [-0.39, 0.29) is 5.91 Å². The molecule has 0 fully saturated rings. The van der Waals surface area contributed by atoms with Crippen LogP contribution in [0, 0.1) is 0 Å². The smallest absolute Gasteiger partial charge is 0.220 e. The molecule has 0 aliphatic rings. The maximum atomic E-state index is 11.5. The van der Waals surface area contributed by atoms with E-state index < -0.39 is 0 Å². The van der Waals surface area contributed by atoms with E-state index in [0.717, 1.165) is 29.7 Å². The summed E-state index contributed by atoms with van der Waals surface area (Å²) in [6.45, 7) is 5.02. The molecule has 0 aromatic heterocycles. The Morgan fingerprint density at radius 2 is 2.21 bits per heavy atom. The Hall–Kier alpha value is -1.07. The van der Waals surface area contributed by atoms with Crippen LogP contribution in [0.3, 0.4) is 0 Å². The number of likely N-dealkylation sites (N-methyl/N-ethyl adjacent to an activating group) is 1. The summed E-state index contributed by atoms with van der Waals surface area (Å²) in [6, 6.07) is 7.69. The Kier molecular flexibility index (Phi) is 8.25. The molecular formula is C14H21BrN2O2. The minimum atomic E-state index is 0.0794. The molecule has 2 N–H and O–H groups in total. The molecular weight excluding hydrogens is 308 g/mol. The van der Waals surface area contributed by atoms with Crippen molar-refractivity contribution in [1.82, 2.24) is 10.6 Å². The topological polar surface area (TPSA) is 50.4 Å². The van der Waals surface area contributed by atoms with Crippen LogP contribution in [0.15, 0.2) is 28.7 Å². The van der Waals surface area contributed by atoms with Gasteiger partial charge in [-0.2, -0.15) is 0 Å². The van der Waals surface area contributed by atoms with Crippen LogP contribution < -0.4 is 15.4 Å². The summed E-state index contributed by atoms with van der Waals surface area (Å²) >= 11 is 3.39. The number of hydrogen-bond donors (Lipinski definition) is 2. The van der Waals surface area contributed by atoms with E-state index >= 15 is 0 Å². The van der Waals surface area contributed by atoms with Gasteiger partial charge in [0, 0.05) is 24.0 Å². The van der Waals surface area contributed by atoms with Crippen molar-refractivity contribution in [3.63, 3.8) is 0 Å². The number of nitrogens with one attached hydrogen (secondary N) is 2. The van der Waals surface area contributed by atoms with Crippen LogP contribution in [0.4, 0.5) is 0 Å². The van der Waals surface area contributed by atoms with Crippen LogP contribution >= 0.6 is 15.9 Å². The molecule has 0 aliphatic heterocycles. The van der Waals surface area contributed by atoms with E-state index in [9.17, 15) is 4.79 Å². The first-order valence-electron chi connectivity index (χ1n) is 6.58. The zero-order chi connectivity index (χ0) is 13.9. The lowest BCUT2D eigenvalue weighted by Crippen LogP contribution is -2.31. The molecule has 0 heterocycles. The highest BCUT2D eigenvalue weighted by molar-refractivity contribution is 9.10. The van der Waals surface area contributed by atoms with Gasteiger partial charge < -0.3 is 15.4 Å². The fourth-order valence-electron chi connectivity index (χ4n) is 1.54. The number of carbonyl (C=O) groups excluding carboxylic acids is 1. The van der Waals surface area contributed by atoms with Gasteiger partial charge in [0.1, 0.15) is 5.75 Å². The quantitative estimate of drug-likeness (QED) is 0.684. The van der Waals surface area contributed by atoms with Gasteiger partial charge in [-0.15, -0.1) is 0 Å². The zero-order valence-corrected chi connectivity index (χ0v) is 12.8. The van der Waals surface area contributed by atoms with Crippen molar-refractivity contribution < 1.29 is 9.53 Å². The molecule has 1 aromatic carbocycles. The van der Waals surface area contributed by atoms with E-state index in [2.05, 4.69) is 26.6 Å². The first-order chi connectivity index (χ1) is 9.22. The first kappa shape index (κ1) is 16.0. The third-order valence-corrected chi connectivity index (χ3v) is 2.98. The summed E-state index contributed by atoms with van der Waals surface area (Å²) in [6.07, 6.45) is 1.22. The number of carbonyl (C=O) groups is 1. The minimum absolute atomic E-state index is 0.0794. The average Bonchev–Trinajstić information content (AvgIpc) is 2.40. The highest BCUT2D eigenvalue weighted by atomic mass is 79.9. The Labute approximate surface area is 123 Å². The van der Waals surface area contributed by atoms with Crippen molar-refractivity contribution in [2.24, 2.45) is 0 Å². The molecule has 0 atom stereocenters. The minimum Gasteiger partial charge on any atom is -0.494 e. The van der Waals surface area contributed by atoms with Crippen LogP contribution in [-0.2, 0) is 4.79 Å². The van der Waals surface area contributed by atoms with Crippen molar-refractivity contribution in [2.45, 2.75) is 19.8 Å². The molecule has 0 spiro atoms. The molecule has 0 saturated heterocycles. The van der Waals surface area contributed by atoms with E-state index in [1.54, 1.807) is 0 Å². The molecule has 0 radical (unpaired) electrons. The number of halogens is 1. The lowest BCUT2D eigenvalue weighted by Gasteiger charge is -2.07. The molecule has 1 rings (SSSR count). The Bertz CT molecular complexity index is 385. The second-order valence-electron chi connectivity index (χ2n) is 4.11. The third kappa shape index (κ3) is 7.85. The fraction of sp³-hybridized carbons (Fsp3) is 0.500. The molecule has 4 nitrogen and oxygen atoms in total. The van der Waals surface area contributed by atoms with Gasteiger partial charge in [-0.05, 0) is 31.2 Å². The molecule has 0 saturated carbocycles. The second kappa shape index (κ2) is 9.81. The first-order valence-corrected chi connectivity index (χ1v) is 7.37. The van der Waals surface area contributed by atoms with Gasteiger partial charge >= 0.3 is 0 Å². The molecule has 1 aromatic rings. The summed E-state index contributed by atoms with van der Waals surface area (Å²) in [7, 11) is 0. The van der Waals surface area contributed by atoms with E-state index in [1.165, 1.54) is 0 Å². The zero-order valence-electron chi connectivity index (χ0n) is 11.2. The number of ether oxygens (including phenoxy) is 1. The second-order valence-corrected chi connectivity index (χ2v) is 5.03. The van der Waals surface area contributed by atoms with Crippen molar-refractivity contribution in [3.05, 3.63) is 28.7 Å². The number of amides is 1. The predicted molar refractivity (Wildman–Crippen MR) is 80.4 cm³/mol. The highest BCUT2D eigenvalue weighted by Crippen LogP contribution is 2.17. The fourth-order valence-corrected chi connectivity index (χ4v) is 1.91. The normalized spacial score (nSPS) is 10.2. The number of rotatable bonds is 9. The van der Waals surface area contributed by atoms with Crippen LogP contribution in [-0.4, -0.2) is 32.1 Å². The molecule has 19 heavy (non-hydrogen) atoms. The molecule has 0 aliphatic carbocycles. The van der Waals surface area contributed by atoms with Crippen molar-refractivity contribution in [3.8, 4) is 5.75 Å². The average molecular weight is 329 g/mol. The van der Waals surface area contributed by atoms with E-state index in [4.69, 9.17) is 4.74 Å². The van der Waals surface area contributed by atoms with Crippen molar-refractivity contribution >= 4 is 21.8 Å². The molecule has 1 amide bonds. The molecule has 0 bridgehead atoms. The largest absolute Gasteiger partial charge is 0.494 e. The van der Waals surface area contributed by atoms with Crippen LogP contribution in [0.2, 0.25) is 0 Å². The van der Waals surface area contributed by atoms with Gasteiger partial charge in [-0.3, -0.25) is 4.79 Å². The summed E-state index contributed by atoms with van der Waals surface area (Å²) in [5.41, 5.74) is 0. The number of benzene rings is 1. The lowest BCUT2D eigenvalue weighted by atomic mass is 10.3. The van der Waals surface area contributed by atoms with Crippen LogP contribution in [0.25, 0.3) is 0 Å². The third-order valence-electron chi connectivity index (χ3n) is 2.49. The van der Waals surface area contributed by atoms with Crippen molar-refractivity contribution in [2.75, 3.05) is 26.2 Å². The van der Waals surface area contributed by atoms with E-state index in [1.807, 2.05) is 31.2 Å². The molecule has 106 valence electrons. The van der Waals surface area contributed by atoms with Gasteiger partial charge in [-0.1, -0.05) is 28.9 Å². The van der Waals surface area contributed by atoms with Crippen LogP contribution in [0.1, 0.15) is 19.8 Å². The summed E-state index contributed by atoms with van der Waals surface area (Å²) in [5.74, 6) is 0.901. The Morgan fingerprint density at radius 1 is 1.37 bits per heavy atom. The maximum Gasteiger partial charge on any atom is 0.220 e. The van der Waals surface area contributed by atoms with Gasteiger partial charge in [-0.25, -0.2) is 0 Å². The summed E-state index contributed by atoms with van der Waals surface area (Å²) in [4.78, 5) is 11.5. The molecule has 5 heteroatoms. The summed E-state index contributed by atoms with van der Waals surface area (Å²) < 4.78 is 6.55. The van der Waals surface area contributed by atoms with E-state index in [0.29, 0.717) is 19.6 Å². The standard InChI is InChI=1S/C14H21BrN2O2/c1-2-16-8-9-17-14(18)7-4-10-19-13-6-3-5-12(15)11-13/h3,5-6,11,16H,2,4,7-10H2,1H3,(H,17,18). The van der Waals surface area contributed by atoms with Gasteiger partial charge in [0.15, 0.2) is 0 Å². The van der Waals surface area contributed by atoms with Gasteiger partial charge in [0.2, 0.25) is 5.91 Å². The lowest BCUT2D eigenvalue weighted by molar-refractivity contribution is -0.121. The van der Waals surface area contributed by atoms with Gasteiger partial charge in [0.25, 0.3) is 0 Å². The molecule has 0 unspecified atom stereocenters. The maximum absolute atomic E-state index is 11.5. The van der Waals surface area contributed by atoms with Crippen LogP contribution in [0.5, 0.6) is 5.75 Å². The number of hydrogen-bond acceptors (Lipinski definition) is 3. The van der Waals surface area contributed by atoms with Crippen molar-refractivity contribution in [1.29, 1.82) is 0 Å². The SMILES string of the molecule is CCNCCNC(=O)CCCOc1cccc(Br)c1. The Morgan fingerprint density at radius 3 is 2.95 bits per heavy atom.